The van der Waals surface area contributed by atoms with Crippen molar-refractivity contribution in [2.24, 2.45) is 0 Å². The lowest BCUT2D eigenvalue weighted by Crippen LogP contribution is -2.48. The van der Waals surface area contributed by atoms with Gasteiger partial charge in [-0.3, -0.25) is 15.0 Å². The lowest BCUT2D eigenvalue weighted by Gasteiger charge is -2.34. The first kappa shape index (κ1) is 24.4. The van der Waals surface area contributed by atoms with Gasteiger partial charge in [-0.05, 0) is 23.8 Å². The predicted molar refractivity (Wildman–Crippen MR) is 127 cm³/mol. The van der Waals surface area contributed by atoms with Gasteiger partial charge in [-0.2, -0.15) is 0 Å². The number of hydrogen-bond donors (Lipinski definition) is 0. The summed E-state index contributed by atoms with van der Waals surface area (Å²) in [7, 11) is 0. The molecule has 1 amide bonds. The van der Waals surface area contributed by atoms with E-state index in [0.29, 0.717) is 18.7 Å². The molecule has 1 aliphatic heterocycles. The number of nitro groups is 1. The molecule has 1 saturated heterocycles. The topological polar surface area (TPSA) is 75.9 Å². The number of ether oxygens (including phenoxy) is 1. The molecule has 2 aromatic rings. The Hall–Kier alpha value is -2.29. The monoisotopic (exact) mass is 477 g/mol. The Morgan fingerprint density at radius 2 is 1.81 bits per heavy atom. The zero-order valence-corrected chi connectivity index (χ0v) is 20.1. The molecular weight excluding hydrogens is 450 g/mol. The average molecular weight is 478 g/mol. The maximum Gasteiger partial charge on any atom is 0.410 e. The summed E-state index contributed by atoms with van der Waals surface area (Å²) >= 11 is 7.69. The summed E-state index contributed by atoms with van der Waals surface area (Å²) in [5.74, 6) is 0. The molecule has 0 unspecified atom stereocenters. The van der Waals surface area contributed by atoms with Crippen LogP contribution in [0.5, 0.6) is 0 Å². The molecule has 0 aromatic heterocycles. The molecule has 1 heterocycles. The Balaban J connectivity index is 1.52. The lowest BCUT2D eigenvalue weighted by molar-refractivity contribution is -0.385. The Morgan fingerprint density at radius 1 is 1.12 bits per heavy atom. The molecule has 3 rings (SSSR count). The van der Waals surface area contributed by atoms with Gasteiger partial charge in [0.15, 0.2) is 0 Å². The van der Waals surface area contributed by atoms with Crippen LogP contribution in [0.15, 0.2) is 47.4 Å². The number of piperazine rings is 1. The van der Waals surface area contributed by atoms with E-state index in [1.165, 1.54) is 22.6 Å². The summed E-state index contributed by atoms with van der Waals surface area (Å²) in [6.07, 6.45) is -0.461. The van der Waals surface area contributed by atoms with Crippen LogP contribution in [-0.4, -0.2) is 51.7 Å². The largest absolute Gasteiger partial charge is 0.444 e. The van der Waals surface area contributed by atoms with Gasteiger partial charge in [0.05, 0.1) is 10.5 Å². The van der Waals surface area contributed by atoms with Gasteiger partial charge in [0, 0.05) is 53.5 Å². The second-order valence-electron chi connectivity index (χ2n) is 8.67. The van der Waals surface area contributed by atoms with Gasteiger partial charge >= 0.3 is 6.09 Å². The molecule has 1 fully saturated rings. The van der Waals surface area contributed by atoms with Gasteiger partial charge in [0.1, 0.15) is 6.61 Å². The molecule has 9 heteroatoms. The van der Waals surface area contributed by atoms with Crippen LogP contribution in [0.1, 0.15) is 31.9 Å². The van der Waals surface area contributed by atoms with Gasteiger partial charge in [0.2, 0.25) is 0 Å². The Morgan fingerprint density at radius 3 is 2.47 bits per heavy atom. The fourth-order valence-corrected chi connectivity index (χ4v) is 4.69. The molecule has 0 saturated carbocycles. The molecule has 7 nitrogen and oxygen atoms in total. The van der Waals surface area contributed by atoms with Gasteiger partial charge in [-0.15, -0.1) is 11.8 Å². The average Bonchev–Trinajstić information content (AvgIpc) is 2.73. The fourth-order valence-electron chi connectivity index (χ4n) is 3.45. The van der Waals surface area contributed by atoms with Crippen molar-refractivity contribution in [1.82, 2.24) is 9.80 Å². The number of halogens is 1. The second-order valence-corrected chi connectivity index (χ2v) is 11.0. The number of benzene rings is 2. The molecule has 0 atom stereocenters. The van der Waals surface area contributed by atoms with E-state index >= 15 is 0 Å². The van der Waals surface area contributed by atoms with Crippen molar-refractivity contribution in [2.75, 3.05) is 26.2 Å². The summed E-state index contributed by atoms with van der Waals surface area (Å²) in [6.45, 7) is 9.87. The Kier molecular flexibility index (Phi) is 8.03. The number of nitrogens with zero attached hydrogens (tertiary/aromatic N) is 3. The zero-order valence-electron chi connectivity index (χ0n) is 18.5. The van der Waals surface area contributed by atoms with Crippen LogP contribution in [0.25, 0.3) is 0 Å². The first-order valence-electron chi connectivity index (χ1n) is 10.5. The number of rotatable bonds is 6. The highest BCUT2D eigenvalue weighted by Gasteiger charge is 2.24. The number of carbonyl (C=O) groups excluding carboxylic acids is 1. The second kappa shape index (κ2) is 10.6. The number of hydrogen-bond acceptors (Lipinski definition) is 6. The third-order valence-electron chi connectivity index (χ3n) is 5.01. The molecule has 0 spiro atoms. The van der Waals surface area contributed by atoms with Crippen molar-refractivity contribution in [3.05, 3.63) is 68.7 Å². The minimum atomic E-state index is -0.524. The number of nitro benzene ring substituents is 1. The van der Waals surface area contributed by atoms with E-state index in [2.05, 4.69) is 49.9 Å². The van der Waals surface area contributed by atoms with E-state index in [1.54, 1.807) is 11.0 Å². The minimum Gasteiger partial charge on any atom is -0.444 e. The van der Waals surface area contributed by atoms with Gasteiger partial charge in [-0.1, -0.05) is 50.6 Å². The van der Waals surface area contributed by atoms with Crippen LogP contribution in [0.4, 0.5) is 10.5 Å². The van der Waals surface area contributed by atoms with E-state index in [9.17, 15) is 14.9 Å². The summed E-state index contributed by atoms with van der Waals surface area (Å²) < 4.78 is 5.48. The minimum absolute atomic E-state index is 0.137. The summed E-state index contributed by atoms with van der Waals surface area (Å²) in [5, 5.41) is 11.5. The third-order valence-corrected chi connectivity index (χ3v) is 6.47. The quantitative estimate of drug-likeness (QED) is 0.306. The van der Waals surface area contributed by atoms with Crippen molar-refractivity contribution in [3.8, 4) is 0 Å². The molecule has 0 radical (unpaired) electrons. The molecule has 0 N–H and O–H groups in total. The molecule has 1 aliphatic rings. The summed E-state index contributed by atoms with van der Waals surface area (Å²) in [5.41, 5.74) is 1.46. The number of thioether (sulfide) groups is 1. The molecule has 0 bridgehead atoms. The van der Waals surface area contributed by atoms with Crippen LogP contribution in [0.3, 0.4) is 0 Å². The fraction of sp³-hybridized carbons (Fsp3) is 0.435. The van der Waals surface area contributed by atoms with E-state index in [0.717, 1.165) is 19.6 Å². The SMILES string of the molecule is CC(C)(C)Sc1ccccc1CN1CCN(C(=O)OCc2ccc(Cl)cc2[N+](=O)[O-])CC1. The van der Waals surface area contributed by atoms with Crippen molar-refractivity contribution < 1.29 is 14.5 Å². The van der Waals surface area contributed by atoms with Crippen LogP contribution in [0.2, 0.25) is 5.02 Å². The van der Waals surface area contributed by atoms with E-state index in [4.69, 9.17) is 16.3 Å². The maximum absolute atomic E-state index is 12.5. The van der Waals surface area contributed by atoms with Crippen molar-refractivity contribution in [2.45, 2.75) is 43.6 Å². The highest BCUT2D eigenvalue weighted by atomic mass is 35.5. The van der Waals surface area contributed by atoms with Gasteiger partial charge in [0.25, 0.3) is 5.69 Å². The highest BCUT2D eigenvalue weighted by Crippen LogP contribution is 2.34. The van der Waals surface area contributed by atoms with Crippen molar-refractivity contribution in [3.63, 3.8) is 0 Å². The predicted octanol–water partition coefficient (Wildman–Crippen LogP) is 5.59. The van der Waals surface area contributed by atoms with Crippen molar-refractivity contribution >= 4 is 35.1 Å². The summed E-state index contributed by atoms with van der Waals surface area (Å²) in [6, 6.07) is 12.8. The molecular formula is C23H28ClN3O4S. The highest BCUT2D eigenvalue weighted by molar-refractivity contribution is 8.00. The van der Waals surface area contributed by atoms with Crippen LogP contribution >= 0.6 is 23.4 Å². The maximum atomic E-state index is 12.5. The molecule has 2 aromatic carbocycles. The van der Waals surface area contributed by atoms with E-state index < -0.39 is 11.0 Å². The van der Waals surface area contributed by atoms with E-state index in [1.807, 2.05) is 11.8 Å². The first-order chi connectivity index (χ1) is 15.1. The summed E-state index contributed by atoms with van der Waals surface area (Å²) in [4.78, 5) is 28.4. The van der Waals surface area contributed by atoms with Gasteiger partial charge < -0.3 is 9.64 Å². The normalized spacial score (nSPS) is 14.9. The van der Waals surface area contributed by atoms with Crippen LogP contribution < -0.4 is 0 Å². The molecule has 32 heavy (non-hydrogen) atoms. The van der Waals surface area contributed by atoms with Crippen LogP contribution in [0, 0.1) is 10.1 Å². The number of carbonyl (C=O) groups is 1. The van der Waals surface area contributed by atoms with Crippen molar-refractivity contribution in [1.29, 1.82) is 0 Å². The van der Waals surface area contributed by atoms with Gasteiger partial charge in [-0.25, -0.2) is 4.79 Å². The molecule has 172 valence electrons. The number of amides is 1. The Bertz CT molecular complexity index is 972. The van der Waals surface area contributed by atoms with E-state index in [-0.39, 0.29) is 22.1 Å². The standard InChI is InChI=1S/C23H28ClN3O4S/c1-23(2,3)32-21-7-5-4-6-17(21)15-25-10-12-26(13-11-25)22(28)31-16-18-8-9-19(24)14-20(18)27(29)30/h4-9,14H,10-13,15-16H2,1-3H3. The zero-order chi connectivity index (χ0) is 23.3. The first-order valence-corrected chi connectivity index (χ1v) is 11.7. The molecule has 0 aliphatic carbocycles. The lowest BCUT2D eigenvalue weighted by atomic mass is 10.2. The smallest absolute Gasteiger partial charge is 0.410 e. The third kappa shape index (κ3) is 6.85. The van der Waals surface area contributed by atoms with Crippen LogP contribution in [-0.2, 0) is 17.9 Å². The Labute approximate surface area is 197 Å².